The van der Waals surface area contributed by atoms with Gasteiger partial charge in [0.05, 0.1) is 11.1 Å². The first-order chi connectivity index (χ1) is 11.4. The van der Waals surface area contributed by atoms with E-state index < -0.39 is 0 Å². The molecule has 3 heterocycles. The summed E-state index contributed by atoms with van der Waals surface area (Å²) in [6.07, 6.45) is 6.28. The first-order valence-electron chi connectivity index (χ1n) is 7.41. The van der Waals surface area contributed by atoms with E-state index in [9.17, 15) is 0 Å². The van der Waals surface area contributed by atoms with Crippen LogP contribution in [-0.2, 0) is 6.42 Å². The smallest absolute Gasteiger partial charge is 0.138 e. The third-order valence-corrected chi connectivity index (χ3v) is 4.49. The Morgan fingerprint density at radius 1 is 1.09 bits per heavy atom. The van der Waals surface area contributed by atoms with Gasteiger partial charge in [-0.15, -0.1) is 11.3 Å². The molecular weight excluding hydrogens is 306 g/mol. The highest BCUT2D eigenvalue weighted by atomic mass is 32.1. The second-order valence-corrected chi connectivity index (χ2v) is 6.05. The van der Waals surface area contributed by atoms with Crippen molar-refractivity contribution in [1.29, 1.82) is 0 Å². The maximum Gasteiger partial charge on any atom is 0.138 e. The number of benzene rings is 1. The molecule has 0 aliphatic rings. The number of anilines is 1. The summed E-state index contributed by atoms with van der Waals surface area (Å²) in [7, 11) is 0. The fourth-order valence-electron chi connectivity index (χ4n) is 2.49. The molecule has 0 aliphatic carbocycles. The molecule has 4 aromatic rings. The van der Waals surface area contributed by atoms with Crippen LogP contribution in [0.2, 0.25) is 0 Å². The van der Waals surface area contributed by atoms with Crippen molar-refractivity contribution in [2.24, 2.45) is 0 Å². The molecule has 0 aliphatic heterocycles. The van der Waals surface area contributed by atoms with Gasteiger partial charge in [-0.3, -0.25) is 0 Å². The van der Waals surface area contributed by atoms with Crippen LogP contribution in [0.1, 0.15) is 5.56 Å². The van der Waals surface area contributed by atoms with Crippen molar-refractivity contribution in [3.8, 4) is 5.69 Å². The van der Waals surface area contributed by atoms with Gasteiger partial charge in [-0.1, -0.05) is 12.1 Å². The number of nitrogens with zero attached hydrogens (tertiary/aromatic N) is 4. The van der Waals surface area contributed by atoms with Crippen molar-refractivity contribution in [2.45, 2.75) is 6.42 Å². The molecule has 5 nitrogen and oxygen atoms in total. The SMILES string of the molecule is c1cnn(-c2ccc(CCNc3ncnc4sccc34)cc2)c1. The first-order valence-corrected chi connectivity index (χ1v) is 8.29. The summed E-state index contributed by atoms with van der Waals surface area (Å²) in [5.74, 6) is 0.907. The third kappa shape index (κ3) is 2.93. The van der Waals surface area contributed by atoms with Gasteiger partial charge in [-0.25, -0.2) is 14.6 Å². The van der Waals surface area contributed by atoms with Crippen molar-refractivity contribution in [2.75, 3.05) is 11.9 Å². The minimum atomic E-state index is 0.836. The van der Waals surface area contributed by atoms with Gasteiger partial charge < -0.3 is 5.32 Å². The van der Waals surface area contributed by atoms with E-state index in [0.717, 1.165) is 34.7 Å². The summed E-state index contributed by atoms with van der Waals surface area (Å²) in [6.45, 7) is 0.836. The first kappa shape index (κ1) is 13.9. The molecule has 0 saturated heterocycles. The van der Waals surface area contributed by atoms with Crippen molar-refractivity contribution < 1.29 is 0 Å². The Morgan fingerprint density at radius 2 is 2.00 bits per heavy atom. The Kier molecular flexibility index (Phi) is 3.73. The minimum absolute atomic E-state index is 0.836. The highest BCUT2D eigenvalue weighted by Gasteiger charge is 2.04. The molecule has 0 saturated carbocycles. The minimum Gasteiger partial charge on any atom is -0.369 e. The lowest BCUT2D eigenvalue weighted by Gasteiger charge is -2.07. The molecule has 0 amide bonds. The number of thiophene rings is 1. The molecular formula is C17H15N5S. The third-order valence-electron chi connectivity index (χ3n) is 3.67. The molecule has 0 spiro atoms. The topological polar surface area (TPSA) is 55.6 Å². The molecule has 0 fully saturated rings. The van der Waals surface area contributed by atoms with Crippen LogP contribution in [0.15, 0.2) is 60.5 Å². The largest absolute Gasteiger partial charge is 0.369 e. The predicted octanol–water partition coefficient (Wildman–Crippen LogP) is 3.53. The number of fused-ring (bicyclic) bond motifs is 1. The predicted molar refractivity (Wildman–Crippen MR) is 93.2 cm³/mol. The zero-order valence-electron chi connectivity index (χ0n) is 12.4. The Balaban J connectivity index is 1.40. The highest BCUT2D eigenvalue weighted by Crippen LogP contribution is 2.23. The van der Waals surface area contributed by atoms with E-state index in [-0.39, 0.29) is 0 Å². The summed E-state index contributed by atoms with van der Waals surface area (Å²) in [5.41, 5.74) is 2.35. The van der Waals surface area contributed by atoms with Gasteiger partial charge in [0.2, 0.25) is 0 Å². The molecule has 0 unspecified atom stereocenters. The van der Waals surface area contributed by atoms with Crippen LogP contribution in [0.4, 0.5) is 5.82 Å². The van der Waals surface area contributed by atoms with Crippen LogP contribution in [0.5, 0.6) is 0 Å². The Morgan fingerprint density at radius 3 is 2.83 bits per heavy atom. The van der Waals surface area contributed by atoms with E-state index in [0.29, 0.717) is 0 Å². The van der Waals surface area contributed by atoms with Crippen LogP contribution in [0.3, 0.4) is 0 Å². The van der Waals surface area contributed by atoms with Gasteiger partial charge in [0, 0.05) is 18.9 Å². The fraction of sp³-hybridized carbons (Fsp3) is 0.118. The molecule has 6 heteroatoms. The summed E-state index contributed by atoms with van der Waals surface area (Å²) < 4.78 is 1.86. The van der Waals surface area contributed by atoms with Crippen molar-refractivity contribution in [1.82, 2.24) is 19.7 Å². The average Bonchev–Trinajstić information content (AvgIpc) is 3.27. The maximum atomic E-state index is 4.33. The molecule has 0 atom stereocenters. The van der Waals surface area contributed by atoms with Gasteiger partial charge in [0.25, 0.3) is 0 Å². The second-order valence-electron chi connectivity index (χ2n) is 5.16. The summed E-state index contributed by atoms with van der Waals surface area (Å²) in [5, 5.41) is 10.8. The van der Waals surface area contributed by atoms with Gasteiger partial charge in [0.1, 0.15) is 17.0 Å². The van der Waals surface area contributed by atoms with E-state index in [1.807, 2.05) is 22.3 Å². The molecule has 23 heavy (non-hydrogen) atoms. The molecule has 0 bridgehead atoms. The fourth-order valence-corrected chi connectivity index (χ4v) is 3.23. The lowest BCUT2D eigenvalue weighted by molar-refractivity contribution is 0.878. The van der Waals surface area contributed by atoms with Gasteiger partial charge >= 0.3 is 0 Å². The van der Waals surface area contributed by atoms with E-state index in [4.69, 9.17) is 0 Å². The van der Waals surface area contributed by atoms with Gasteiger partial charge in [-0.2, -0.15) is 5.10 Å². The van der Waals surface area contributed by atoms with Crippen molar-refractivity contribution >= 4 is 27.4 Å². The van der Waals surface area contributed by atoms with Gasteiger partial charge in [-0.05, 0) is 41.6 Å². The summed E-state index contributed by atoms with van der Waals surface area (Å²) in [6, 6.07) is 12.4. The number of rotatable bonds is 5. The number of hydrogen-bond acceptors (Lipinski definition) is 5. The standard InChI is InChI=1S/C17H15N5S/c1-8-21-22(10-1)14-4-2-13(3-5-14)6-9-18-16-15-7-11-23-17(15)20-12-19-16/h1-5,7-8,10-12H,6,9H2,(H,18,19,20). The number of hydrogen-bond donors (Lipinski definition) is 1. The Hall–Kier alpha value is -2.73. The molecule has 3 aromatic heterocycles. The second kappa shape index (κ2) is 6.18. The molecule has 1 aromatic carbocycles. The number of aromatic nitrogens is 4. The van der Waals surface area contributed by atoms with Crippen molar-refractivity contribution in [3.05, 3.63) is 66.1 Å². The highest BCUT2D eigenvalue weighted by molar-refractivity contribution is 7.16. The molecule has 114 valence electrons. The number of nitrogens with one attached hydrogen (secondary N) is 1. The van der Waals surface area contributed by atoms with Crippen LogP contribution in [-0.4, -0.2) is 26.3 Å². The van der Waals surface area contributed by atoms with Crippen LogP contribution in [0.25, 0.3) is 15.9 Å². The zero-order valence-corrected chi connectivity index (χ0v) is 13.2. The van der Waals surface area contributed by atoms with Crippen molar-refractivity contribution in [3.63, 3.8) is 0 Å². The quantitative estimate of drug-likeness (QED) is 0.611. The maximum absolute atomic E-state index is 4.33. The van der Waals surface area contributed by atoms with Gasteiger partial charge in [0.15, 0.2) is 0 Å². The summed E-state index contributed by atoms with van der Waals surface area (Å²) >= 11 is 1.63. The molecule has 1 N–H and O–H groups in total. The van der Waals surface area contributed by atoms with E-state index in [1.54, 1.807) is 23.9 Å². The monoisotopic (exact) mass is 321 g/mol. The van der Waals surface area contributed by atoms with E-state index in [2.05, 4.69) is 50.7 Å². The van der Waals surface area contributed by atoms with E-state index in [1.165, 1.54) is 5.56 Å². The van der Waals surface area contributed by atoms with Crippen LogP contribution < -0.4 is 5.32 Å². The normalized spacial score (nSPS) is 11.0. The molecule has 0 radical (unpaired) electrons. The summed E-state index contributed by atoms with van der Waals surface area (Å²) in [4.78, 5) is 9.61. The lowest BCUT2D eigenvalue weighted by atomic mass is 10.1. The average molecular weight is 321 g/mol. The Labute approximate surface area is 137 Å². The van der Waals surface area contributed by atoms with E-state index >= 15 is 0 Å². The Bertz CT molecular complexity index is 896. The van der Waals surface area contributed by atoms with Crippen LogP contribution in [0, 0.1) is 0 Å². The van der Waals surface area contributed by atoms with Crippen LogP contribution >= 0.6 is 11.3 Å². The lowest BCUT2D eigenvalue weighted by Crippen LogP contribution is -2.06. The molecule has 4 rings (SSSR count). The zero-order chi connectivity index (χ0) is 15.5.